The van der Waals surface area contributed by atoms with Gasteiger partial charge in [-0.3, -0.25) is 0 Å². The van der Waals surface area contributed by atoms with Gasteiger partial charge >= 0.3 is 0 Å². The Morgan fingerprint density at radius 2 is 1.95 bits per heavy atom. The van der Waals surface area contributed by atoms with Gasteiger partial charge in [-0.05, 0) is 42.8 Å². The zero-order valence-corrected chi connectivity index (χ0v) is 12.1. The van der Waals surface area contributed by atoms with Crippen LogP contribution in [0.4, 0.5) is 0 Å². The van der Waals surface area contributed by atoms with Crippen molar-refractivity contribution >= 4 is 26.9 Å². The molecular weight excluding hydrogens is 302 g/mol. The zero-order valence-electron chi connectivity index (χ0n) is 10.6. The Morgan fingerprint density at radius 3 is 2.74 bits per heavy atom. The lowest BCUT2D eigenvalue weighted by Crippen LogP contribution is -2.10. The van der Waals surface area contributed by atoms with E-state index in [1.165, 1.54) is 5.56 Å². The fourth-order valence-electron chi connectivity index (χ4n) is 2.20. The van der Waals surface area contributed by atoms with Crippen LogP contribution in [0.3, 0.4) is 0 Å². The molecule has 0 saturated carbocycles. The van der Waals surface area contributed by atoms with Crippen molar-refractivity contribution in [1.29, 1.82) is 0 Å². The number of hydrogen-bond acceptors (Lipinski definition) is 2. The normalized spacial score (nSPS) is 12.8. The third kappa shape index (κ3) is 2.44. The topological polar surface area (TPSA) is 39.2 Å². The van der Waals surface area contributed by atoms with E-state index in [1.54, 1.807) is 0 Å². The van der Waals surface area contributed by atoms with Crippen molar-refractivity contribution in [2.24, 2.45) is 5.73 Å². The Bertz CT molecular complexity index is 732. The summed E-state index contributed by atoms with van der Waals surface area (Å²) in [6, 6.07) is 15.9. The van der Waals surface area contributed by atoms with Gasteiger partial charge in [0.15, 0.2) is 0 Å². The van der Waals surface area contributed by atoms with Gasteiger partial charge in [0.05, 0.1) is 6.04 Å². The zero-order chi connectivity index (χ0) is 13.4. The lowest BCUT2D eigenvalue weighted by atomic mass is 10.1. The largest absolute Gasteiger partial charge is 0.459 e. The molecule has 0 aliphatic carbocycles. The van der Waals surface area contributed by atoms with Crippen LogP contribution < -0.4 is 5.73 Å². The molecule has 2 N–H and O–H groups in total. The highest BCUT2D eigenvalue weighted by Gasteiger charge is 2.14. The minimum absolute atomic E-state index is 0.245. The van der Waals surface area contributed by atoms with Gasteiger partial charge in [0.2, 0.25) is 0 Å². The highest BCUT2D eigenvalue weighted by atomic mass is 79.9. The molecule has 1 heterocycles. The van der Waals surface area contributed by atoms with Crippen LogP contribution in [0.1, 0.15) is 22.9 Å². The maximum atomic E-state index is 6.27. The summed E-state index contributed by atoms with van der Waals surface area (Å²) in [5, 5.41) is 1.10. The molecule has 3 aromatic rings. The molecule has 2 aromatic carbocycles. The number of fused-ring (bicyclic) bond motifs is 1. The van der Waals surface area contributed by atoms with Gasteiger partial charge < -0.3 is 10.2 Å². The number of benzene rings is 2. The molecule has 1 aromatic heterocycles. The van der Waals surface area contributed by atoms with Crippen LogP contribution >= 0.6 is 15.9 Å². The van der Waals surface area contributed by atoms with E-state index < -0.39 is 0 Å². The Hall–Kier alpha value is -1.58. The number of furan rings is 1. The van der Waals surface area contributed by atoms with Gasteiger partial charge in [-0.15, -0.1) is 0 Å². The van der Waals surface area contributed by atoms with Crippen LogP contribution in [0.2, 0.25) is 0 Å². The molecule has 3 rings (SSSR count). The van der Waals surface area contributed by atoms with E-state index in [0.29, 0.717) is 0 Å². The van der Waals surface area contributed by atoms with E-state index in [9.17, 15) is 0 Å². The van der Waals surface area contributed by atoms with Gasteiger partial charge in [0.25, 0.3) is 0 Å². The summed E-state index contributed by atoms with van der Waals surface area (Å²) >= 11 is 3.46. The first kappa shape index (κ1) is 12.5. The van der Waals surface area contributed by atoms with Crippen LogP contribution in [0.25, 0.3) is 11.0 Å². The minimum atomic E-state index is -0.245. The van der Waals surface area contributed by atoms with Gasteiger partial charge in [-0.1, -0.05) is 39.7 Å². The van der Waals surface area contributed by atoms with Crippen molar-refractivity contribution in [2.75, 3.05) is 0 Å². The molecule has 1 unspecified atom stereocenters. The lowest BCUT2D eigenvalue weighted by molar-refractivity contribution is 0.525. The smallest absolute Gasteiger partial charge is 0.134 e. The van der Waals surface area contributed by atoms with Gasteiger partial charge in [0.1, 0.15) is 11.3 Å². The maximum absolute atomic E-state index is 6.27. The van der Waals surface area contributed by atoms with E-state index in [1.807, 2.05) is 42.5 Å². The average Bonchev–Trinajstić information content (AvgIpc) is 2.80. The monoisotopic (exact) mass is 315 g/mol. The summed E-state index contributed by atoms with van der Waals surface area (Å²) in [5.74, 6) is 0.790. The summed E-state index contributed by atoms with van der Waals surface area (Å²) < 4.78 is 6.86. The minimum Gasteiger partial charge on any atom is -0.459 e. The van der Waals surface area contributed by atoms with Crippen molar-refractivity contribution in [2.45, 2.75) is 13.0 Å². The van der Waals surface area contributed by atoms with E-state index in [4.69, 9.17) is 10.2 Å². The molecule has 0 fully saturated rings. The molecule has 0 aliphatic heterocycles. The van der Waals surface area contributed by atoms with Crippen LogP contribution in [-0.2, 0) is 0 Å². The molecular formula is C16H14BrNO. The number of hydrogen-bond donors (Lipinski definition) is 1. The maximum Gasteiger partial charge on any atom is 0.134 e. The van der Waals surface area contributed by atoms with Gasteiger partial charge in [-0.25, -0.2) is 0 Å². The second-order valence-corrected chi connectivity index (χ2v) is 5.64. The summed E-state index contributed by atoms with van der Waals surface area (Å²) in [7, 11) is 0. The van der Waals surface area contributed by atoms with Crippen LogP contribution in [0, 0.1) is 6.92 Å². The van der Waals surface area contributed by atoms with Crippen LogP contribution in [-0.4, -0.2) is 0 Å². The predicted octanol–water partition coefficient (Wildman–Crippen LogP) is 4.55. The van der Waals surface area contributed by atoms with Crippen molar-refractivity contribution in [3.63, 3.8) is 0 Å². The predicted molar refractivity (Wildman–Crippen MR) is 81.1 cm³/mol. The highest BCUT2D eigenvalue weighted by Crippen LogP contribution is 2.28. The molecule has 1 atom stereocenters. The van der Waals surface area contributed by atoms with Crippen LogP contribution in [0.15, 0.2) is 57.4 Å². The number of rotatable bonds is 2. The van der Waals surface area contributed by atoms with Gasteiger partial charge in [0, 0.05) is 9.86 Å². The number of halogens is 1. The summed E-state index contributed by atoms with van der Waals surface area (Å²) in [5.41, 5.74) is 9.40. The average molecular weight is 316 g/mol. The van der Waals surface area contributed by atoms with Crippen LogP contribution in [0.5, 0.6) is 0 Å². The first-order chi connectivity index (χ1) is 9.13. The molecule has 3 heteroatoms. The van der Waals surface area contributed by atoms with Gasteiger partial charge in [-0.2, -0.15) is 0 Å². The summed E-state index contributed by atoms with van der Waals surface area (Å²) in [6.45, 7) is 2.07. The molecule has 0 aliphatic rings. The molecule has 0 bridgehead atoms. The Morgan fingerprint density at radius 1 is 1.11 bits per heavy atom. The highest BCUT2D eigenvalue weighted by molar-refractivity contribution is 9.10. The quantitative estimate of drug-likeness (QED) is 0.753. The lowest BCUT2D eigenvalue weighted by Gasteiger charge is -2.09. The molecule has 0 radical (unpaired) electrons. The molecule has 0 spiro atoms. The Kier molecular flexibility index (Phi) is 3.17. The van der Waals surface area contributed by atoms with E-state index in [-0.39, 0.29) is 6.04 Å². The third-order valence-electron chi connectivity index (χ3n) is 3.21. The fraction of sp³-hybridized carbons (Fsp3) is 0.125. The molecule has 0 saturated heterocycles. The molecule has 0 amide bonds. The first-order valence-corrected chi connectivity index (χ1v) is 6.94. The van der Waals surface area contributed by atoms with Crippen molar-refractivity contribution in [1.82, 2.24) is 0 Å². The second-order valence-electron chi connectivity index (χ2n) is 4.72. The first-order valence-electron chi connectivity index (χ1n) is 6.14. The SMILES string of the molecule is Cc1ccc2oc(C(N)c3cccc(Br)c3)cc2c1. The van der Waals surface area contributed by atoms with E-state index in [0.717, 1.165) is 26.8 Å². The van der Waals surface area contributed by atoms with E-state index in [2.05, 4.69) is 28.9 Å². The number of nitrogens with two attached hydrogens (primary N) is 1. The van der Waals surface area contributed by atoms with Crippen molar-refractivity contribution in [3.05, 3.63) is 69.9 Å². The fourth-order valence-corrected chi connectivity index (χ4v) is 2.62. The number of aryl methyl sites for hydroxylation is 1. The Balaban J connectivity index is 2.04. The standard InChI is InChI=1S/C16H14BrNO/c1-10-5-6-14-12(7-10)9-15(19-14)16(18)11-3-2-4-13(17)8-11/h2-9,16H,18H2,1H3. The molecule has 19 heavy (non-hydrogen) atoms. The Labute approximate surface area is 120 Å². The second kappa shape index (κ2) is 4.83. The molecule has 96 valence electrons. The van der Waals surface area contributed by atoms with E-state index >= 15 is 0 Å². The molecule has 2 nitrogen and oxygen atoms in total. The van der Waals surface area contributed by atoms with Crippen molar-refractivity contribution < 1.29 is 4.42 Å². The van der Waals surface area contributed by atoms with Crippen molar-refractivity contribution in [3.8, 4) is 0 Å². The summed E-state index contributed by atoms with van der Waals surface area (Å²) in [4.78, 5) is 0. The summed E-state index contributed by atoms with van der Waals surface area (Å²) in [6.07, 6.45) is 0. The third-order valence-corrected chi connectivity index (χ3v) is 3.70.